The molecule has 0 amide bonds. The van der Waals surface area contributed by atoms with E-state index >= 15 is 0 Å². The third-order valence-electron chi connectivity index (χ3n) is 7.63. The first-order valence-corrected chi connectivity index (χ1v) is 14.0. The maximum Gasteiger partial charge on any atom is 0.209 e. The summed E-state index contributed by atoms with van der Waals surface area (Å²) in [4.78, 5) is 0. The normalized spacial score (nSPS) is 13.2. The number of sulfonamides is 1. The van der Waals surface area contributed by atoms with Crippen LogP contribution in [0.4, 0.5) is 0 Å². The second-order valence-corrected chi connectivity index (χ2v) is 10.9. The molecular weight excluding hydrogens is 382 g/mol. The van der Waals surface area contributed by atoms with E-state index in [1.165, 1.54) is 51.4 Å². The molecule has 2 N–H and O–H groups in total. The highest BCUT2D eigenvalue weighted by Crippen LogP contribution is 2.38. The molecule has 0 rings (SSSR count). The minimum Gasteiger partial charge on any atom is -0.381 e. The standard InChI is InChI=1S/C24H51NO3S/c1-6-23(7-2,8-3)17-11-14-20-28-21-15-12-18-24(9-4,10-5)19-13-16-22-29(25,26)27/h6-22H2,1-5H3,(H2,25,26,27). The Hall–Kier alpha value is -0.130. The van der Waals surface area contributed by atoms with Crippen LogP contribution in [0.2, 0.25) is 0 Å². The van der Waals surface area contributed by atoms with Crippen LogP contribution in [0.3, 0.4) is 0 Å². The lowest BCUT2D eigenvalue weighted by Crippen LogP contribution is -2.21. The lowest BCUT2D eigenvalue weighted by Gasteiger charge is -2.32. The second-order valence-electron chi connectivity index (χ2n) is 9.12. The minimum atomic E-state index is -3.32. The summed E-state index contributed by atoms with van der Waals surface area (Å²) in [5, 5.41) is 5.11. The molecule has 4 nitrogen and oxygen atoms in total. The summed E-state index contributed by atoms with van der Waals surface area (Å²) in [6.07, 6.45) is 16.3. The summed E-state index contributed by atoms with van der Waals surface area (Å²) < 4.78 is 28.1. The van der Waals surface area contributed by atoms with Crippen molar-refractivity contribution in [3.05, 3.63) is 0 Å². The van der Waals surface area contributed by atoms with Gasteiger partial charge in [0.2, 0.25) is 10.0 Å². The number of hydrogen-bond donors (Lipinski definition) is 1. The van der Waals surface area contributed by atoms with Crippen molar-refractivity contribution in [2.24, 2.45) is 16.0 Å². The van der Waals surface area contributed by atoms with Gasteiger partial charge in [0.05, 0.1) is 5.75 Å². The van der Waals surface area contributed by atoms with Crippen molar-refractivity contribution in [3.63, 3.8) is 0 Å². The van der Waals surface area contributed by atoms with Crippen LogP contribution in [0.25, 0.3) is 0 Å². The van der Waals surface area contributed by atoms with Gasteiger partial charge in [-0.1, -0.05) is 86.0 Å². The maximum atomic E-state index is 11.1. The van der Waals surface area contributed by atoms with E-state index in [-0.39, 0.29) is 5.75 Å². The molecular formula is C24H51NO3S. The summed E-state index contributed by atoms with van der Waals surface area (Å²) in [6, 6.07) is 0. The molecule has 0 radical (unpaired) electrons. The predicted molar refractivity (Wildman–Crippen MR) is 127 cm³/mol. The summed E-state index contributed by atoms with van der Waals surface area (Å²) in [6.45, 7) is 13.3. The molecule has 0 aromatic heterocycles. The fraction of sp³-hybridized carbons (Fsp3) is 1.00. The van der Waals surface area contributed by atoms with E-state index in [0.717, 1.165) is 45.3 Å². The molecule has 0 saturated heterocycles. The molecule has 0 unspecified atom stereocenters. The SMILES string of the molecule is CCC(CC)(CC)CCCCOCCCCC(CC)(CC)CCCCS(N)(=O)=O. The fourth-order valence-electron chi connectivity index (χ4n) is 4.68. The van der Waals surface area contributed by atoms with Crippen LogP contribution in [0.1, 0.15) is 125 Å². The Kier molecular flexibility index (Phi) is 15.6. The van der Waals surface area contributed by atoms with Gasteiger partial charge in [-0.3, -0.25) is 0 Å². The highest BCUT2D eigenvalue weighted by Gasteiger charge is 2.25. The van der Waals surface area contributed by atoms with Crippen LogP contribution in [0.15, 0.2) is 0 Å². The number of primary sulfonamides is 1. The van der Waals surface area contributed by atoms with Crippen LogP contribution in [0, 0.1) is 10.8 Å². The van der Waals surface area contributed by atoms with Crippen molar-refractivity contribution in [3.8, 4) is 0 Å². The van der Waals surface area contributed by atoms with Gasteiger partial charge in [0.25, 0.3) is 0 Å². The van der Waals surface area contributed by atoms with E-state index in [0.29, 0.717) is 17.3 Å². The topological polar surface area (TPSA) is 69.4 Å². The Labute approximate surface area is 182 Å². The zero-order valence-corrected chi connectivity index (χ0v) is 21.0. The van der Waals surface area contributed by atoms with Gasteiger partial charge in [0.15, 0.2) is 0 Å². The van der Waals surface area contributed by atoms with Gasteiger partial charge < -0.3 is 4.74 Å². The Morgan fingerprint density at radius 2 is 1.00 bits per heavy atom. The molecule has 0 heterocycles. The van der Waals surface area contributed by atoms with Gasteiger partial charge in [-0.15, -0.1) is 0 Å². The molecule has 0 aliphatic carbocycles. The first-order chi connectivity index (χ1) is 13.7. The van der Waals surface area contributed by atoms with E-state index in [1.54, 1.807) is 0 Å². The summed E-state index contributed by atoms with van der Waals surface area (Å²) in [5.74, 6) is 0.111. The monoisotopic (exact) mass is 433 g/mol. The number of ether oxygens (including phenoxy) is 1. The lowest BCUT2D eigenvalue weighted by molar-refractivity contribution is 0.114. The number of nitrogens with two attached hydrogens (primary N) is 1. The first-order valence-electron chi connectivity index (χ1n) is 12.3. The Balaban J connectivity index is 3.93. The zero-order chi connectivity index (χ0) is 22.2. The van der Waals surface area contributed by atoms with Crippen LogP contribution in [-0.2, 0) is 14.8 Å². The van der Waals surface area contributed by atoms with Gasteiger partial charge in [-0.05, 0) is 49.4 Å². The smallest absolute Gasteiger partial charge is 0.209 e. The molecule has 0 spiro atoms. The Bertz CT molecular complexity index is 474. The molecule has 0 bridgehead atoms. The van der Waals surface area contributed by atoms with Crippen molar-refractivity contribution in [1.82, 2.24) is 0 Å². The van der Waals surface area contributed by atoms with Crippen LogP contribution < -0.4 is 5.14 Å². The zero-order valence-electron chi connectivity index (χ0n) is 20.2. The third kappa shape index (κ3) is 13.0. The van der Waals surface area contributed by atoms with Gasteiger partial charge in [-0.25, -0.2) is 13.6 Å². The van der Waals surface area contributed by atoms with Crippen LogP contribution in [-0.4, -0.2) is 27.4 Å². The number of rotatable bonds is 20. The highest BCUT2D eigenvalue weighted by molar-refractivity contribution is 7.89. The number of unbranched alkanes of at least 4 members (excludes halogenated alkanes) is 3. The van der Waals surface area contributed by atoms with Crippen LogP contribution >= 0.6 is 0 Å². The average molecular weight is 434 g/mol. The van der Waals surface area contributed by atoms with Gasteiger partial charge in [-0.2, -0.15) is 0 Å². The van der Waals surface area contributed by atoms with E-state index in [1.807, 2.05) is 0 Å². The van der Waals surface area contributed by atoms with E-state index in [9.17, 15) is 8.42 Å². The number of hydrogen-bond acceptors (Lipinski definition) is 3. The first kappa shape index (κ1) is 28.9. The van der Waals surface area contributed by atoms with Crippen molar-refractivity contribution < 1.29 is 13.2 Å². The molecule has 29 heavy (non-hydrogen) atoms. The molecule has 0 atom stereocenters. The summed E-state index contributed by atoms with van der Waals surface area (Å²) in [7, 11) is -3.32. The van der Waals surface area contributed by atoms with E-state index < -0.39 is 10.0 Å². The molecule has 0 aromatic rings. The van der Waals surface area contributed by atoms with Crippen molar-refractivity contribution in [1.29, 1.82) is 0 Å². The van der Waals surface area contributed by atoms with Crippen LogP contribution in [0.5, 0.6) is 0 Å². The van der Waals surface area contributed by atoms with Crippen molar-refractivity contribution in [2.45, 2.75) is 125 Å². The molecule has 0 aliphatic rings. The average Bonchev–Trinajstić information content (AvgIpc) is 2.71. The second kappa shape index (κ2) is 15.6. The molecule has 176 valence electrons. The quantitative estimate of drug-likeness (QED) is 0.214. The predicted octanol–water partition coefficient (Wildman–Crippen LogP) is 6.83. The van der Waals surface area contributed by atoms with Gasteiger partial charge in [0.1, 0.15) is 0 Å². The molecule has 0 aliphatic heterocycles. The minimum absolute atomic E-state index is 0.111. The largest absolute Gasteiger partial charge is 0.381 e. The maximum absolute atomic E-state index is 11.1. The molecule has 5 heteroatoms. The fourth-order valence-corrected chi connectivity index (χ4v) is 5.28. The highest BCUT2D eigenvalue weighted by atomic mass is 32.2. The molecule has 0 fully saturated rings. The summed E-state index contributed by atoms with van der Waals surface area (Å²) >= 11 is 0. The van der Waals surface area contributed by atoms with Gasteiger partial charge in [0, 0.05) is 13.2 Å². The third-order valence-corrected chi connectivity index (χ3v) is 8.49. The Morgan fingerprint density at radius 3 is 1.38 bits per heavy atom. The van der Waals surface area contributed by atoms with Gasteiger partial charge >= 0.3 is 0 Å². The molecule has 0 saturated carbocycles. The lowest BCUT2D eigenvalue weighted by atomic mass is 9.74. The van der Waals surface area contributed by atoms with E-state index in [4.69, 9.17) is 9.88 Å². The van der Waals surface area contributed by atoms with Crippen molar-refractivity contribution >= 4 is 10.0 Å². The van der Waals surface area contributed by atoms with Crippen molar-refractivity contribution in [2.75, 3.05) is 19.0 Å². The Morgan fingerprint density at radius 1 is 0.621 bits per heavy atom. The summed E-state index contributed by atoms with van der Waals surface area (Å²) in [5.41, 5.74) is 0.903. The molecule has 0 aromatic carbocycles. The van der Waals surface area contributed by atoms with E-state index in [2.05, 4.69) is 34.6 Å².